The standard InChI is InChI=1S/C13H10ClN5O/c1-15-13(20)10-6-7-19(18-10)12-9-5-3-2-4-8(9)11(14)16-17-12/h2-7H,1H3,(H,15,20). The molecule has 0 fully saturated rings. The van der Waals surface area contributed by atoms with E-state index in [1.54, 1.807) is 19.3 Å². The van der Waals surface area contributed by atoms with Crippen LogP contribution in [-0.2, 0) is 0 Å². The molecule has 7 heteroatoms. The lowest BCUT2D eigenvalue weighted by atomic mass is 10.2. The molecule has 0 unspecified atom stereocenters. The highest BCUT2D eigenvalue weighted by atomic mass is 35.5. The van der Waals surface area contributed by atoms with Crippen molar-refractivity contribution >= 4 is 28.3 Å². The molecule has 1 amide bonds. The van der Waals surface area contributed by atoms with Crippen LogP contribution in [0, 0.1) is 0 Å². The van der Waals surface area contributed by atoms with Gasteiger partial charge in [0.2, 0.25) is 0 Å². The van der Waals surface area contributed by atoms with Gasteiger partial charge < -0.3 is 5.32 Å². The molecule has 20 heavy (non-hydrogen) atoms. The fourth-order valence-corrected chi connectivity index (χ4v) is 2.12. The van der Waals surface area contributed by atoms with Gasteiger partial charge in [-0.3, -0.25) is 4.79 Å². The van der Waals surface area contributed by atoms with Crippen molar-refractivity contribution < 1.29 is 4.79 Å². The fourth-order valence-electron chi connectivity index (χ4n) is 1.92. The van der Waals surface area contributed by atoms with Crippen LogP contribution in [0.2, 0.25) is 5.15 Å². The summed E-state index contributed by atoms with van der Waals surface area (Å²) < 4.78 is 1.51. The van der Waals surface area contributed by atoms with Gasteiger partial charge in [0, 0.05) is 24.0 Å². The van der Waals surface area contributed by atoms with Gasteiger partial charge in [0.25, 0.3) is 5.91 Å². The summed E-state index contributed by atoms with van der Waals surface area (Å²) in [5, 5.41) is 16.6. The second-order valence-corrected chi connectivity index (χ2v) is 4.44. The minimum Gasteiger partial charge on any atom is -0.354 e. The number of aromatic nitrogens is 4. The third-order valence-electron chi connectivity index (χ3n) is 2.89. The summed E-state index contributed by atoms with van der Waals surface area (Å²) in [4.78, 5) is 11.5. The molecule has 0 saturated carbocycles. The molecule has 0 bridgehead atoms. The number of hydrogen-bond acceptors (Lipinski definition) is 4. The summed E-state index contributed by atoms with van der Waals surface area (Å²) in [6.45, 7) is 0. The first-order valence-corrected chi connectivity index (χ1v) is 6.27. The van der Waals surface area contributed by atoms with Gasteiger partial charge in [-0.1, -0.05) is 35.9 Å². The lowest BCUT2D eigenvalue weighted by molar-refractivity contribution is 0.0957. The molecule has 6 nitrogen and oxygen atoms in total. The lowest BCUT2D eigenvalue weighted by Gasteiger charge is -2.05. The van der Waals surface area contributed by atoms with Crippen molar-refractivity contribution in [2.75, 3.05) is 7.05 Å². The first-order valence-electron chi connectivity index (χ1n) is 5.90. The lowest BCUT2D eigenvalue weighted by Crippen LogP contribution is -2.18. The summed E-state index contributed by atoms with van der Waals surface area (Å²) >= 11 is 6.03. The van der Waals surface area contributed by atoms with Gasteiger partial charge >= 0.3 is 0 Å². The number of benzene rings is 1. The molecule has 0 radical (unpaired) electrons. The molecule has 0 atom stereocenters. The van der Waals surface area contributed by atoms with Crippen LogP contribution in [0.15, 0.2) is 36.5 Å². The van der Waals surface area contributed by atoms with Crippen molar-refractivity contribution in [2.24, 2.45) is 0 Å². The van der Waals surface area contributed by atoms with Crippen LogP contribution < -0.4 is 5.32 Å². The molecule has 1 N–H and O–H groups in total. The van der Waals surface area contributed by atoms with Crippen LogP contribution in [0.25, 0.3) is 16.6 Å². The molecule has 0 aliphatic heterocycles. The van der Waals surface area contributed by atoms with Crippen LogP contribution in [0.3, 0.4) is 0 Å². The number of halogens is 1. The minimum atomic E-state index is -0.255. The van der Waals surface area contributed by atoms with E-state index in [9.17, 15) is 4.79 Å². The van der Waals surface area contributed by atoms with Crippen molar-refractivity contribution in [1.82, 2.24) is 25.3 Å². The number of carbonyl (C=O) groups excluding carboxylic acids is 1. The van der Waals surface area contributed by atoms with E-state index in [0.717, 1.165) is 10.8 Å². The first-order chi connectivity index (χ1) is 9.70. The molecular weight excluding hydrogens is 278 g/mol. The van der Waals surface area contributed by atoms with Gasteiger partial charge in [-0.25, -0.2) is 4.68 Å². The van der Waals surface area contributed by atoms with E-state index in [1.807, 2.05) is 24.3 Å². The number of carbonyl (C=O) groups is 1. The Morgan fingerprint density at radius 3 is 2.70 bits per heavy atom. The third-order valence-corrected chi connectivity index (χ3v) is 3.17. The van der Waals surface area contributed by atoms with Gasteiger partial charge in [0.05, 0.1) is 0 Å². The molecule has 1 aromatic carbocycles. The van der Waals surface area contributed by atoms with Crippen molar-refractivity contribution in [1.29, 1.82) is 0 Å². The third kappa shape index (κ3) is 2.00. The van der Waals surface area contributed by atoms with E-state index < -0.39 is 0 Å². The van der Waals surface area contributed by atoms with Gasteiger partial charge in [-0.2, -0.15) is 5.10 Å². The fraction of sp³-hybridized carbons (Fsp3) is 0.0769. The Kier molecular flexibility index (Phi) is 3.08. The Morgan fingerprint density at radius 2 is 1.95 bits per heavy atom. The highest BCUT2D eigenvalue weighted by molar-refractivity contribution is 6.34. The van der Waals surface area contributed by atoms with E-state index in [2.05, 4.69) is 20.6 Å². The largest absolute Gasteiger partial charge is 0.354 e. The smallest absolute Gasteiger partial charge is 0.271 e. The van der Waals surface area contributed by atoms with Gasteiger partial charge in [-0.05, 0) is 6.07 Å². The number of amides is 1. The molecular formula is C13H10ClN5O. The second kappa shape index (κ2) is 4.90. The van der Waals surface area contributed by atoms with E-state index in [0.29, 0.717) is 16.7 Å². The SMILES string of the molecule is CNC(=O)c1ccn(-c2nnc(Cl)c3ccccc23)n1. The summed E-state index contributed by atoms with van der Waals surface area (Å²) in [6.07, 6.45) is 1.66. The summed E-state index contributed by atoms with van der Waals surface area (Å²) in [7, 11) is 1.55. The zero-order valence-electron chi connectivity index (χ0n) is 10.5. The van der Waals surface area contributed by atoms with Crippen molar-refractivity contribution in [3.8, 4) is 5.82 Å². The topological polar surface area (TPSA) is 72.7 Å². The van der Waals surface area contributed by atoms with Crippen molar-refractivity contribution in [3.63, 3.8) is 0 Å². The van der Waals surface area contributed by atoms with Gasteiger partial charge in [0.15, 0.2) is 16.7 Å². The number of hydrogen-bond donors (Lipinski definition) is 1. The zero-order valence-corrected chi connectivity index (χ0v) is 11.3. The summed E-state index contributed by atoms with van der Waals surface area (Å²) in [5.74, 6) is 0.273. The Balaban J connectivity index is 2.17. The van der Waals surface area contributed by atoms with Crippen LogP contribution in [0.5, 0.6) is 0 Å². The monoisotopic (exact) mass is 287 g/mol. The molecule has 0 saturated heterocycles. The number of nitrogens with zero attached hydrogens (tertiary/aromatic N) is 4. The number of fused-ring (bicyclic) bond motifs is 1. The average Bonchev–Trinajstić information content (AvgIpc) is 2.97. The predicted octanol–water partition coefficient (Wildman–Crippen LogP) is 1.83. The number of nitrogens with one attached hydrogen (secondary N) is 1. The van der Waals surface area contributed by atoms with E-state index in [-0.39, 0.29) is 5.91 Å². The summed E-state index contributed by atoms with van der Waals surface area (Å²) in [5.41, 5.74) is 0.313. The molecule has 3 aromatic rings. The van der Waals surface area contributed by atoms with E-state index in [4.69, 9.17) is 11.6 Å². The van der Waals surface area contributed by atoms with Crippen LogP contribution in [0.4, 0.5) is 0 Å². The predicted molar refractivity (Wildman–Crippen MR) is 75.1 cm³/mol. The maximum Gasteiger partial charge on any atom is 0.271 e. The molecule has 100 valence electrons. The summed E-state index contributed by atoms with van der Waals surface area (Å²) in [6, 6.07) is 9.11. The minimum absolute atomic E-state index is 0.255. The molecule has 0 aliphatic rings. The molecule has 3 rings (SSSR count). The second-order valence-electron chi connectivity index (χ2n) is 4.08. The maximum atomic E-state index is 11.5. The van der Waals surface area contributed by atoms with Crippen LogP contribution in [-0.4, -0.2) is 32.9 Å². The highest BCUT2D eigenvalue weighted by Crippen LogP contribution is 2.24. The van der Waals surface area contributed by atoms with E-state index in [1.165, 1.54) is 4.68 Å². The van der Waals surface area contributed by atoms with Gasteiger partial charge in [0.1, 0.15) is 0 Å². The Morgan fingerprint density at radius 1 is 1.20 bits per heavy atom. The van der Waals surface area contributed by atoms with E-state index >= 15 is 0 Å². The highest BCUT2D eigenvalue weighted by Gasteiger charge is 2.12. The van der Waals surface area contributed by atoms with Crippen LogP contribution in [0.1, 0.15) is 10.5 Å². The Labute approximate surface area is 119 Å². The quantitative estimate of drug-likeness (QED) is 0.780. The Bertz CT molecular complexity index is 798. The average molecular weight is 288 g/mol. The van der Waals surface area contributed by atoms with Crippen LogP contribution >= 0.6 is 11.6 Å². The molecule has 2 heterocycles. The molecule has 2 aromatic heterocycles. The first kappa shape index (κ1) is 12.6. The zero-order chi connectivity index (χ0) is 14.1. The van der Waals surface area contributed by atoms with Crippen molar-refractivity contribution in [2.45, 2.75) is 0 Å². The molecule has 0 aliphatic carbocycles. The number of rotatable bonds is 2. The van der Waals surface area contributed by atoms with Crippen molar-refractivity contribution in [3.05, 3.63) is 47.4 Å². The Hall–Kier alpha value is -2.47. The molecule has 0 spiro atoms. The maximum absolute atomic E-state index is 11.5. The van der Waals surface area contributed by atoms with Gasteiger partial charge in [-0.15, -0.1) is 10.2 Å². The normalized spacial score (nSPS) is 10.7.